The van der Waals surface area contributed by atoms with Crippen LogP contribution in [0.1, 0.15) is 24.3 Å². The number of thiophene rings is 2. The van der Waals surface area contributed by atoms with Crippen LogP contribution in [0, 0.1) is 6.92 Å². The highest BCUT2D eigenvalue weighted by Crippen LogP contribution is 2.38. The lowest BCUT2D eigenvalue weighted by molar-refractivity contribution is 0.121. The molecule has 0 saturated carbocycles. The highest BCUT2D eigenvalue weighted by atomic mass is 32.1. The van der Waals surface area contributed by atoms with Crippen LogP contribution in [0.15, 0.2) is 76.6 Å². The Morgan fingerprint density at radius 3 is 2.53 bits per heavy atom. The quantitative estimate of drug-likeness (QED) is 0.289. The Kier molecular flexibility index (Phi) is 5.51. The molecule has 7 heteroatoms. The summed E-state index contributed by atoms with van der Waals surface area (Å²) in [4.78, 5) is 13.8. The van der Waals surface area contributed by atoms with E-state index in [9.17, 15) is 4.79 Å². The van der Waals surface area contributed by atoms with Crippen LogP contribution in [0.2, 0.25) is 0 Å². The predicted molar refractivity (Wildman–Crippen MR) is 130 cm³/mol. The van der Waals surface area contributed by atoms with Crippen molar-refractivity contribution in [2.24, 2.45) is 0 Å². The van der Waals surface area contributed by atoms with Crippen molar-refractivity contribution in [2.75, 3.05) is 5.32 Å². The number of carbonyl (C=O) groups excluding carboxylic acids is 1. The first kappa shape index (κ1) is 20.5. The largest absolute Gasteiger partial charge is 0.441 e. The van der Waals surface area contributed by atoms with E-state index in [4.69, 9.17) is 9.26 Å². The van der Waals surface area contributed by atoms with Gasteiger partial charge in [0.2, 0.25) is 0 Å². The topological polar surface area (TPSA) is 64.4 Å². The third-order valence-corrected chi connectivity index (χ3v) is 7.36. The summed E-state index contributed by atoms with van der Waals surface area (Å²) in [6.07, 6.45) is -0.927. The molecule has 1 atom stereocenters. The summed E-state index contributed by atoms with van der Waals surface area (Å²) >= 11 is 3.53. The van der Waals surface area contributed by atoms with Crippen molar-refractivity contribution >= 4 is 43.9 Å². The van der Waals surface area contributed by atoms with E-state index < -0.39 is 6.09 Å². The molecule has 32 heavy (non-hydrogen) atoms. The molecule has 0 aliphatic rings. The van der Waals surface area contributed by atoms with Crippen molar-refractivity contribution in [3.8, 4) is 21.8 Å². The van der Waals surface area contributed by atoms with Gasteiger partial charge in [0.25, 0.3) is 0 Å². The molecule has 160 valence electrons. The zero-order valence-electron chi connectivity index (χ0n) is 17.5. The van der Waals surface area contributed by atoms with Gasteiger partial charge in [0.05, 0.1) is 0 Å². The first-order chi connectivity index (χ1) is 15.6. The van der Waals surface area contributed by atoms with E-state index in [1.165, 1.54) is 14.3 Å². The van der Waals surface area contributed by atoms with Gasteiger partial charge in [0, 0.05) is 19.8 Å². The fraction of sp³-hybridized carbons (Fsp3) is 0.120. The van der Waals surface area contributed by atoms with Gasteiger partial charge in [-0.15, -0.1) is 22.7 Å². The average Bonchev–Trinajstić information content (AvgIpc) is 3.50. The van der Waals surface area contributed by atoms with Crippen molar-refractivity contribution in [1.29, 1.82) is 0 Å². The average molecular weight is 461 g/mol. The van der Waals surface area contributed by atoms with E-state index in [1.54, 1.807) is 29.6 Å². The van der Waals surface area contributed by atoms with E-state index in [0.717, 1.165) is 16.7 Å². The van der Waals surface area contributed by atoms with Gasteiger partial charge in [0.1, 0.15) is 17.5 Å². The summed E-state index contributed by atoms with van der Waals surface area (Å²) in [6.45, 7) is 3.62. The number of ether oxygens (including phenoxy) is 1. The molecule has 0 saturated heterocycles. The number of amides is 1. The van der Waals surface area contributed by atoms with Crippen molar-refractivity contribution in [1.82, 2.24) is 5.16 Å². The Morgan fingerprint density at radius 1 is 1.03 bits per heavy atom. The van der Waals surface area contributed by atoms with Crippen LogP contribution in [0.4, 0.5) is 10.5 Å². The second-order valence-electron chi connectivity index (χ2n) is 7.39. The standard InChI is InChI=1S/C25H20N2O3S2/c1-15-23(26-25(28)29-16(2)17-6-4-3-5-7-17)24(30-27-15)19-10-8-18(9-11-19)21-14-22-20(32-21)12-13-31-22/h3-14,16H,1-2H3,(H,26,28). The number of fused-ring (bicyclic) bond motifs is 1. The smallest absolute Gasteiger partial charge is 0.412 e. The Balaban J connectivity index is 1.34. The summed E-state index contributed by atoms with van der Waals surface area (Å²) in [5.41, 5.74) is 4.00. The van der Waals surface area contributed by atoms with Gasteiger partial charge >= 0.3 is 6.09 Å². The van der Waals surface area contributed by atoms with Crippen LogP contribution < -0.4 is 5.32 Å². The summed E-state index contributed by atoms with van der Waals surface area (Å²) in [6, 6.07) is 22.0. The van der Waals surface area contributed by atoms with Crippen LogP contribution in [0.3, 0.4) is 0 Å². The van der Waals surface area contributed by atoms with Gasteiger partial charge in [-0.25, -0.2) is 4.79 Å². The molecule has 0 bridgehead atoms. The SMILES string of the molecule is Cc1noc(-c2ccc(-c3cc4sccc4s3)cc2)c1NC(=O)OC(C)c1ccccc1. The number of benzene rings is 2. The number of nitrogens with zero attached hydrogens (tertiary/aromatic N) is 1. The minimum atomic E-state index is -0.552. The number of rotatable bonds is 5. The molecule has 0 spiro atoms. The van der Waals surface area contributed by atoms with E-state index in [-0.39, 0.29) is 6.10 Å². The molecule has 2 aromatic carbocycles. The minimum absolute atomic E-state index is 0.375. The van der Waals surface area contributed by atoms with Crippen LogP contribution in [0.25, 0.3) is 31.2 Å². The van der Waals surface area contributed by atoms with Crippen molar-refractivity contribution in [3.05, 3.63) is 83.4 Å². The van der Waals surface area contributed by atoms with Gasteiger partial charge < -0.3 is 9.26 Å². The van der Waals surface area contributed by atoms with E-state index in [0.29, 0.717) is 17.1 Å². The molecule has 3 aromatic heterocycles. The number of aryl methyl sites for hydroxylation is 1. The zero-order valence-corrected chi connectivity index (χ0v) is 19.1. The molecular weight excluding hydrogens is 440 g/mol. The normalized spacial score (nSPS) is 12.1. The highest BCUT2D eigenvalue weighted by Gasteiger charge is 2.20. The van der Waals surface area contributed by atoms with Gasteiger partial charge in [-0.1, -0.05) is 59.8 Å². The first-order valence-corrected chi connectivity index (χ1v) is 11.8. The second-order valence-corrected chi connectivity index (χ2v) is 9.42. The molecule has 0 fully saturated rings. The maximum Gasteiger partial charge on any atom is 0.412 e. The number of aromatic nitrogens is 1. The van der Waals surface area contributed by atoms with Crippen molar-refractivity contribution < 1.29 is 14.1 Å². The Labute approximate surface area is 193 Å². The highest BCUT2D eigenvalue weighted by molar-refractivity contribution is 7.28. The molecule has 1 amide bonds. The maximum atomic E-state index is 12.5. The second kappa shape index (κ2) is 8.61. The monoisotopic (exact) mass is 460 g/mol. The van der Waals surface area contributed by atoms with Crippen molar-refractivity contribution in [2.45, 2.75) is 20.0 Å². The van der Waals surface area contributed by atoms with Gasteiger partial charge in [-0.2, -0.15) is 0 Å². The third kappa shape index (κ3) is 4.04. The fourth-order valence-corrected chi connectivity index (χ4v) is 5.61. The lowest BCUT2D eigenvalue weighted by atomic mass is 10.1. The molecule has 0 aliphatic carbocycles. The molecule has 3 heterocycles. The first-order valence-electron chi connectivity index (χ1n) is 10.1. The molecular formula is C25H20N2O3S2. The maximum absolute atomic E-state index is 12.5. The molecule has 1 unspecified atom stereocenters. The van der Waals surface area contributed by atoms with E-state index >= 15 is 0 Å². The molecule has 1 N–H and O–H groups in total. The summed E-state index contributed by atoms with van der Waals surface area (Å²) in [5.74, 6) is 0.505. The van der Waals surface area contributed by atoms with Gasteiger partial charge in [-0.05, 0) is 42.5 Å². The molecule has 5 rings (SSSR count). The summed E-state index contributed by atoms with van der Waals surface area (Å²) in [5, 5.41) is 8.96. The van der Waals surface area contributed by atoms with E-state index in [2.05, 4.69) is 40.1 Å². The number of hydrogen-bond donors (Lipinski definition) is 1. The van der Waals surface area contributed by atoms with Gasteiger partial charge in [0.15, 0.2) is 5.76 Å². The molecule has 5 aromatic rings. The minimum Gasteiger partial charge on any atom is -0.441 e. The van der Waals surface area contributed by atoms with Crippen LogP contribution >= 0.6 is 22.7 Å². The fourth-order valence-electron chi connectivity index (χ4n) is 3.49. The van der Waals surface area contributed by atoms with Crippen molar-refractivity contribution in [3.63, 3.8) is 0 Å². The Hall–Kier alpha value is -3.42. The third-order valence-electron chi connectivity index (χ3n) is 5.21. The Morgan fingerprint density at radius 2 is 1.78 bits per heavy atom. The molecule has 5 nitrogen and oxygen atoms in total. The zero-order chi connectivity index (χ0) is 22.1. The molecule has 0 radical (unpaired) electrons. The Bertz CT molecular complexity index is 1340. The predicted octanol–water partition coefficient (Wildman–Crippen LogP) is 7.90. The van der Waals surface area contributed by atoms with E-state index in [1.807, 2.05) is 49.4 Å². The van der Waals surface area contributed by atoms with Crippen LogP contribution in [0.5, 0.6) is 0 Å². The molecule has 0 aliphatic heterocycles. The number of hydrogen-bond acceptors (Lipinski definition) is 6. The van der Waals surface area contributed by atoms with Crippen LogP contribution in [-0.2, 0) is 4.74 Å². The lowest BCUT2D eigenvalue weighted by Crippen LogP contribution is -2.16. The number of anilines is 1. The van der Waals surface area contributed by atoms with Gasteiger partial charge in [-0.3, -0.25) is 5.32 Å². The summed E-state index contributed by atoms with van der Waals surface area (Å²) < 4.78 is 13.7. The number of nitrogens with one attached hydrogen (secondary N) is 1. The number of carbonyl (C=O) groups is 1. The lowest BCUT2D eigenvalue weighted by Gasteiger charge is -2.14. The van der Waals surface area contributed by atoms with Crippen LogP contribution in [-0.4, -0.2) is 11.2 Å². The summed E-state index contributed by atoms with van der Waals surface area (Å²) in [7, 11) is 0.